The third-order valence-electron chi connectivity index (χ3n) is 6.95. The van der Waals surface area contributed by atoms with Gasteiger partial charge in [0.05, 0.1) is 36.9 Å². The molecule has 0 bridgehead atoms. The summed E-state index contributed by atoms with van der Waals surface area (Å²) < 4.78 is 19.7. The number of methoxy groups -OCH3 is 1. The zero-order valence-electron chi connectivity index (χ0n) is 21.2. The lowest BCUT2D eigenvalue weighted by atomic mass is 9.82. The summed E-state index contributed by atoms with van der Waals surface area (Å²) in [5.41, 5.74) is 11.4. The van der Waals surface area contributed by atoms with Crippen molar-refractivity contribution in [3.8, 4) is 17.1 Å². The van der Waals surface area contributed by atoms with E-state index in [-0.39, 0.29) is 30.4 Å². The Bertz CT molecular complexity index is 1310. The van der Waals surface area contributed by atoms with Gasteiger partial charge < -0.3 is 20.5 Å². The first-order chi connectivity index (χ1) is 18.3. The number of hydrogen-bond acceptors (Lipinski definition) is 10. The van der Waals surface area contributed by atoms with E-state index in [1.165, 1.54) is 19.2 Å². The summed E-state index contributed by atoms with van der Waals surface area (Å²) in [6.45, 7) is 2.39. The second-order valence-electron chi connectivity index (χ2n) is 9.52. The van der Waals surface area contributed by atoms with Crippen LogP contribution < -0.4 is 16.0 Å². The quantitative estimate of drug-likeness (QED) is 0.488. The summed E-state index contributed by atoms with van der Waals surface area (Å²) in [5, 5.41) is 9.71. The average Bonchev–Trinajstić information content (AvgIpc) is 3.34. The Kier molecular flexibility index (Phi) is 7.34. The van der Waals surface area contributed by atoms with Crippen LogP contribution in [-0.2, 0) is 9.63 Å². The number of likely N-dealkylation sites (tertiary alicyclic amines) is 1. The van der Waals surface area contributed by atoms with Gasteiger partial charge in [0, 0.05) is 30.4 Å². The summed E-state index contributed by atoms with van der Waals surface area (Å²) in [5.74, 6) is 0.0857. The molecule has 2 unspecified atom stereocenters. The number of aliphatic hydroxyl groups is 1. The van der Waals surface area contributed by atoms with Gasteiger partial charge in [-0.05, 0) is 43.5 Å². The molecule has 0 aliphatic carbocycles. The zero-order chi connectivity index (χ0) is 26.8. The van der Waals surface area contributed by atoms with E-state index in [9.17, 15) is 14.3 Å². The van der Waals surface area contributed by atoms with Crippen molar-refractivity contribution in [2.45, 2.75) is 38.0 Å². The van der Waals surface area contributed by atoms with Crippen molar-refractivity contribution in [3.63, 3.8) is 0 Å². The van der Waals surface area contributed by atoms with E-state index in [0.717, 1.165) is 11.3 Å². The van der Waals surface area contributed by atoms with Crippen LogP contribution in [0.2, 0.25) is 0 Å². The van der Waals surface area contributed by atoms with Crippen molar-refractivity contribution in [3.05, 3.63) is 47.8 Å². The molecule has 1 fully saturated rings. The number of amides is 1. The first-order valence-electron chi connectivity index (χ1n) is 12.4. The minimum atomic E-state index is -0.510. The van der Waals surface area contributed by atoms with Gasteiger partial charge in [-0.3, -0.25) is 20.1 Å². The number of ether oxygens (including phenoxy) is 1. The van der Waals surface area contributed by atoms with E-state index in [4.69, 9.17) is 20.3 Å². The first-order valence-corrected chi connectivity index (χ1v) is 12.4. The third-order valence-corrected chi connectivity index (χ3v) is 6.95. The maximum absolute atomic E-state index is 14.4. The molecule has 0 spiro atoms. The number of guanidine groups is 1. The number of nitrogens with two attached hydrogens (primary N) is 1. The smallest absolute Gasteiger partial charge is 0.251 e. The minimum absolute atomic E-state index is 0.182. The molecular formula is C26H30FN7O4. The molecule has 5 rings (SSSR count). The number of benzene rings is 1. The summed E-state index contributed by atoms with van der Waals surface area (Å²) in [4.78, 5) is 37.9. The lowest BCUT2D eigenvalue weighted by molar-refractivity contribution is -0.136. The number of aliphatic hydroxyl groups excluding tert-OH is 1. The van der Waals surface area contributed by atoms with Crippen molar-refractivity contribution < 1.29 is 23.9 Å². The number of nitrogens with zero attached hydrogens (tertiary/aromatic N) is 5. The van der Waals surface area contributed by atoms with Crippen molar-refractivity contribution in [2.24, 2.45) is 26.6 Å². The molecule has 1 aromatic carbocycles. The Morgan fingerprint density at radius 3 is 2.89 bits per heavy atom. The van der Waals surface area contributed by atoms with Gasteiger partial charge >= 0.3 is 0 Å². The molecule has 38 heavy (non-hydrogen) atoms. The molecule has 3 aliphatic heterocycles. The summed E-state index contributed by atoms with van der Waals surface area (Å²) in [7, 11) is 1.52. The number of fused-ring (bicyclic) bond motifs is 1. The predicted octanol–water partition coefficient (Wildman–Crippen LogP) is 1.63. The second kappa shape index (κ2) is 10.8. The third kappa shape index (κ3) is 5.36. The number of amidine groups is 1. The zero-order valence-corrected chi connectivity index (χ0v) is 21.2. The number of nitrogens with one attached hydrogen (secondary N) is 1. The van der Waals surface area contributed by atoms with Gasteiger partial charge in [0.15, 0.2) is 6.61 Å². The van der Waals surface area contributed by atoms with Gasteiger partial charge in [0.25, 0.3) is 5.91 Å². The molecule has 1 saturated heterocycles. The van der Waals surface area contributed by atoms with Gasteiger partial charge in [-0.2, -0.15) is 0 Å². The van der Waals surface area contributed by atoms with Crippen LogP contribution >= 0.6 is 0 Å². The predicted molar refractivity (Wildman–Crippen MR) is 139 cm³/mol. The number of pyridine rings is 1. The van der Waals surface area contributed by atoms with E-state index in [2.05, 4.69) is 20.4 Å². The molecule has 4 atom stereocenters. The SMILES string of the molecule is COc1cccc(-c2cc(F)ccc2C2C[C@H]3N=C(N)N=C(C)C3C(NOCC(=O)N3CC[C@H](O)C3)=N2)n1. The van der Waals surface area contributed by atoms with Gasteiger partial charge in [-0.25, -0.2) is 19.4 Å². The normalized spacial score (nSPS) is 24.7. The Hall–Kier alpha value is -3.90. The van der Waals surface area contributed by atoms with E-state index in [1.807, 2.05) is 6.92 Å². The lowest BCUT2D eigenvalue weighted by Crippen LogP contribution is -2.48. The number of hydrogen-bond donors (Lipinski definition) is 3. The Morgan fingerprint density at radius 1 is 1.29 bits per heavy atom. The monoisotopic (exact) mass is 523 g/mol. The van der Waals surface area contributed by atoms with Crippen molar-refractivity contribution >= 4 is 23.4 Å². The Balaban J connectivity index is 1.45. The van der Waals surface area contributed by atoms with Crippen molar-refractivity contribution in [1.29, 1.82) is 0 Å². The molecule has 3 aliphatic rings. The molecule has 2 aromatic rings. The first kappa shape index (κ1) is 25.7. The maximum Gasteiger partial charge on any atom is 0.251 e. The number of carbonyl (C=O) groups is 1. The fourth-order valence-electron chi connectivity index (χ4n) is 5.14. The van der Waals surface area contributed by atoms with E-state index in [0.29, 0.717) is 48.9 Å². The minimum Gasteiger partial charge on any atom is -0.481 e. The Labute approximate surface area is 219 Å². The fraction of sp³-hybridized carbons (Fsp3) is 0.423. The van der Waals surface area contributed by atoms with E-state index >= 15 is 0 Å². The summed E-state index contributed by atoms with van der Waals surface area (Å²) in [6.07, 6.45) is 0.537. The lowest BCUT2D eigenvalue weighted by Gasteiger charge is -2.35. The van der Waals surface area contributed by atoms with Crippen LogP contribution in [0.4, 0.5) is 4.39 Å². The number of carbonyl (C=O) groups excluding carboxylic acids is 1. The fourth-order valence-corrected chi connectivity index (χ4v) is 5.14. The highest BCUT2D eigenvalue weighted by molar-refractivity contribution is 6.11. The molecule has 4 heterocycles. The van der Waals surface area contributed by atoms with Crippen LogP contribution in [0.1, 0.15) is 31.4 Å². The number of β-amino-alcohol motifs (C(OH)–C–C–N with tert-alkyl or cyclic N) is 1. The number of aromatic nitrogens is 1. The van der Waals surface area contributed by atoms with Gasteiger partial charge in [0.2, 0.25) is 11.8 Å². The van der Waals surface area contributed by atoms with Crippen LogP contribution in [0.5, 0.6) is 5.88 Å². The molecule has 11 nitrogen and oxygen atoms in total. The topological polar surface area (TPSA) is 147 Å². The van der Waals surface area contributed by atoms with E-state index in [1.54, 1.807) is 29.2 Å². The number of hydroxylamine groups is 1. The van der Waals surface area contributed by atoms with Crippen LogP contribution in [0.25, 0.3) is 11.3 Å². The molecule has 4 N–H and O–H groups in total. The summed E-state index contributed by atoms with van der Waals surface area (Å²) in [6, 6.07) is 9.08. The van der Waals surface area contributed by atoms with Crippen LogP contribution in [-0.4, -0.2) is 77.4 Å². The van der Waals surface area contributed by atoms with E-state index < -0.39 is 18.0 Å². The summed E-state index contributed by atoms with van der Waals surface area (Å²) >= 11 is 0. The largest absolute Gasteiger partial charge is 0.481 e. The number of rotatable bonds is 6. The molecule has 0 radical (unpaired) electrons. The average molecular weight is 524 g/mol. The van der Waals surface area contributed by atoms with Crippen molar-refractivity contribution in [1.82, 2.24) is 15.4 Å². The molecule has 12 heteroatoms. The molecular weight excluding hydrogens is 493 g/mol. The maximum atomic E-state index is 14.4. The molecule has 200 valence electrons. The molecule has 1 aromatic heterocycles. The second-order valence-corrected chi connectivity index (χ2v) is 9.52. The van der Waals surface area contributed by atoms with Gasteiger partial charge in [-0.1, -0.05) is 12.1 Å². The molecule has 0 saturated carbocycles. The number of halogens is 1. The van der Waals surface area contributed by atoms with Crippen molar-refractivity contribution in [2.75, 3.05) is 26.8 Å². The standard InChI is InChI=1S/C26H30FN7O4/c1-14-24-21(32-26(28)29-14)11-20(31-25(24)33-38-13-23(36)34-9-8-16(35)12-34)17-7-6-15(27)10-18(17)19-4-3-5-22(30-19)37-2/h3-7,10,16,20-21,24,35H,8-9,11-13H2,1-2H3,(H2,28,32)(H,31,33)/t16-,20?,21+,24?/m0/s1. The molecule has 1 amide bonds. The van der Waals surface area contributed by atoms with Crippen LogP contribution in [0, 0.1) is 11.7 Å². The van der Waals surface area contributed by atoms with Crippen LogP contribution in [0.15, 0.2) is 51.4 Å². The highest BCUT2D eigenvalue weighted by Gasteiger charge is 2.39. The van der Waals surface area contributed by atoms with Crippen LogP contribution in [0.3, 0.4) is 0 Å². The Morgan fingerprint density at radius 2 is 2.13 bits per heavy atom. The van der Waals surface area contributed by atoms with Gasteiger partial charge in [-0.15, -0.1) is 0 Å². The highest BCUT2D eigenvalue weighted by Crippen LogP contribution is 2.39. The van der Waals surface area contributed by atoms with Gasteiger partial charge in [0.1, 0.15) is 11.7 Å². The number of aliphatic imine (C=N–C) groups is 3. The highest BCUT2D eigenvalue weighted by atomic mass is 19.1.